The molecular weight excluding hydrogens is 524 g/mol. The maximum atomic E-state index is 14.4. The Balaban J connectivity index is 1.71. The molecule has 1 spiro atoms. The normalized spacial score (nSPS) is 32.2. The van der Waals surface area contributed by atoms with Crippen molar-refractivity contribution in [1.29, 1.82) is 0 Å². The smallest absolute Gasteiger partial charge is 0.256 e. The van der Waals surface area contributed by atoms with Crippen molar-refractivity contribution in [3.05, 3.63) is 28.5 Å². The lowest BCUT2D eigenvalue weighted by Gasteiger charge is -2.43. The van der Waals surface area contributed by atoms with Gasteiger partial charge in [-0.15, -0.1) is 0 Å². The molecule has 1 aromatic rings. The lowest BCUT2D eigenvalue weighted by atomic mass is 9.58. The number of fused-ring (bicyclic) bond motifs is 1. The van der Waals surface area contributed by atoms with Crippen molar-refractivity contribution in [2.45, 2.75) is 50.4 Å². The summed E-state index contributed by atoms with van der Waals surface area (Å²) in [5.74, 6) is -10.5. The summed E-state index contributed by atoms with van der Waals surface area (Å²) in [7, 11) is 3.35. The lowest BCUT2D eigenvalue weighted by Crippen LogP contribution is -2.60. The fourth-order valence-electron chi connectivity index (χ4n) is 7.16. The number of hydrogen-bond acceptors (Lipinski definition) is 11. The number of carbonyl (C=O) groups is 5. The van der Waals surface area contributed by atoms with E-state index in [-0.39, 0.29) is 30.6 Å². The van der Waals surface area contributed by atoms with E-state index in [1.54, 1.807) is 19.0 Å². The second-order valence-electron chi connectivity index (χ2n) is 12.3. The van der Waals surface area contributed by atoms with Crippen LogP contribution in [0.15, 0.2) is 17.4 Å². The minimum Gasteiger partial charge on any atom is -0.508 e. The minimum atomic E-state index is -2.97. The van der Waals surface area contributed by atoms with Gasteiger partial charge in [0.25, 0.3) is 5.91 Å². The van der Waals surface area contributed by atoms with Gasteiger partial charge in [0.05, 0.1) is 17.8 Å². The van der Waals surface area contributed by atoms with E-state index in [0.29, 0.717) is 11.3 Å². The van der Waals surface area contributed by atoms with E-state index in [2.05, 4.69) is 10.6 Å². The number of anilines is 2. The van der Waals surface area contributed by atoms with E-state index in [1.807, 2.05) is 20.8 Å². The number of ketones is 3. The standard InChI is InChI=1S/C27H32N4O9/c1-24(2,3)29-9-15(32)30-12-8-13(31(4)5)11-6-10-7-14-26(39)20(35)17(22(28)37)21(36)27(14,40)25(10,23(26)38)19(34)16(11)18(12)33/h8,10,14,29,33,36,39-40H,6-7,9H2,1-5H3,(H2,28,37)(H,30,32)/t10-,14+,25-,26-,27+/m1/s1. The Morgan fingerprint density at radius 1 is 1.12 bits per heavy atom. The molecule has 5 atom stereocenters. The fourth-order valence-corrected chi connectivity index (χ4v) is 7.16. The van der Waals surface area contributed by atoms with Crippen LogP contribution in [0.4, 0.5) is 11.4 Å². The van der Waals surface area contributed by atoms with E-state index in [9.17, 15) is 44.4 Å². The summed E-state index contributed by atoms with van der Waals surface area (Å²) < 4.78 is 0. The predicted octanol–water partition coefficient (Wildman–Crippen LogP) is -0.929. The molecule has 4 aliphatic rings. The SMILES string of the molecule is CN(C)c1cc(NC(=O)CNC(C)(C)C)c(O)c2c1C[C@@H]1C[C@H]3[C@@]4(O)C(=O)C(C(N)=O)=C(O)[C@]3(O)[C@]1(C2=O)C4=O. The Morgan fingerprint density at radius 2 is 1.75 bits per heavy atom. The monoisotopic (exact) mass is 556 g/mol. The Bertz CT molecular complexity index is 1470. The number of rotatable bonds is 5. The molecule has 0 radical (unpaired) electrons. The van der Waals surface area contributed by atoms with Gasteiger partial charge in [-0.25, -0.2) is 0 Å². The molecule has 2 fully saturated rings. The highest BCUT2D eigenvalue weighted by Crippen LogP contribution is 2.73. The van der Waals surface area contributed by atoms with Crippen molar-refractivity contribution in [3.8, 4) is 5.75 Å². The zero-order valence-corrected chi connectivity index (χ0v) is 22.7. The van der Waals surface area contributed by atoms with Crippen LogP contribution in [0.3, 0.4) is 0 Å². The third kappa shape index (κ3) is 3.05. The molecule has 0 aromatic heterocycles. The van der Waals surface area contributed by atoms with Gasteiger partial charge in [0.1, 0.15) is 28.1 Å². The summed E-state index contributed by atoms with van der Waals surface area (Å²) in [5, 5.41) is 51.2. The van der Waals surface area contributed by atoms with Gasteiger partial charge in [-0.05, 0) is 51.2 Å². The van der Waals surface area contributed by atoms with Gasteiger partial charge in [0.15, 0.2) is 17.2 Å². The molecule has 0 heterocycles. The largest absolute Gasteiger partial charge is 0.508 e. The number of Topliss-reactive ketones (excluding diaryl/α,β-unsaturated/α-hetero) is 3. The first-order valence-corrected chi connectivity index (χ1v) is 12.8. The third-order valence-electron chi connectivity index (χ3n) is 8.82. The quantitative estimate of drug-likeness (QED) is 0.133. The van der Waals surface area contributed by atoms with Gasteiger partial charge in [0, 0.05) is 31.2 Å². The van der Waals surface area contributed by atoms with Crippen LogP contribution in [0.1, 0.15) is 43.1 Å². The minimum absolute atomic E-state index is 0.0596. The number of phenols is 1. The summed E-state index contributed by atoms with van der Waals surface area (Å²) in [6.45, 7) is 5.45. The fraction of sp³-hybridized carbons (Fsp3) is 0.519. The number of phenolic OH excluding ortho intramolecular Hbond substituents is 1. The zero-order chi connectivity index (χ0) is 29.9. The molecule has 13 heteroatoms. The molecule has 4 bridgehead atoms. The first-order chi connectivity index (χ1) is 18.4. The van der Waals surface area contributed by atoms with Crippen molar-refractivity contribution >= 4 is 40.5 Å². The number of nitrogens with two attached hydrogens (primary N) is 1. The molecule has 8 N–H and O–H groups in total. The van der Waals surface area contributed by atoms with E-state index < -0.39 is 80.3 Å². The lowest BCUT2D eigenvalue weighted by molar-refractivity contribution is -0.158. The topological polar surface area (TPSA) is 220 Å². The summed E-state index contributed by atoms with van der Waals surface area (Å²) in [6, 6.07) is 1.48. The first-order valence-electron chi connectivity index (χ1n) is 12.8. The van der Waals surface area contributed by atoms with E-state index in [4.69, 9.17) is 5.73 Å². The Hall–Kier alpha value is -3.81. The average molecular weight is 557 g/mol. The summed E-state index contributed by atoms with van der Waals surface area (Å²) >= 11 is 0. The number of benzene rings is 1. The van der Waals surface area contributed by atoms with Crippen LogP contribution in [0.5, 0.6) is 5.75 Å². The average Bonchev–Trinajstić information content (AvgIpc) is 3.18. The summed E-state index contributed by atoms with van der Waals surface area (Å²) in [6.07, 6.45) is -0.272. The van der Waals surface area contributed by atoms with Gasteiger partial charge < -0.3 is 41.7 Å². The number of primary amides is 1. The molecule has 1 aromatic carbocycles. The number of carbonyl (C=O) groups excluding carboxylic acids is 5. The highest BCUT2D eigenvalue weighted by Gasteiger charge is 2.90. The molecule has 0 unspecified atom stereocenters. The molecule has 0 saturated heterocycles. The van der Waals surface area contributed by atoms with Gasteiger partial charge in [0.2, 0.25) is 11.7 Å². The van der Waals surface area contributed by atoms with Crippen LogP contribution < -0.4 is 21.3 Å². The molecular formula is C27H32N4O9. The van der Waals surface area contributed by atoms with Crippen LogP contribution in [0.2, 0.25) is 0 Å². The number of nitrogens with one attached hydrogen (secondary N) is 2. The first kappa shape index (κ1) is 27.7. The summed E-state index contributed by atoms with van der Waals surface area (Å²) in [4.78, 5) is 67.9. The van der Waals surface area contributed by atoms with Crippen LogP contribution in [0, 0.1) is 17.3 Å². The molecule has 5 rings (SSSR count). The highest BCUT2D eigenvalue weighted by molar-refractivity contribution is 6.37. The summed E-state index contributed by atoms with van der Waals surface area (Å²) in [5.41, 5.74) is -4.44. The number of aliphatic hydroxyl groups excluding tert-OH is 1. The van der Waals surface area contributed by atoms with E-state index in [0.717, 1.165) is 0 Å². The van der Waals surface area contributed by atoms with E-state index in [1.165, 1.54) is 6.07 Å². The van der Waals surface area contributed by atoms with Gasteiger partial charge >= 0.3 is 0 Å². The molecule has 214 valence electrons. The maximum absolute atomic E-state index is 14.4. The number of aliphatic hydroxyl groups is 3. The second-order valence-corrected chi connectivity index (χ2v) is 12.3. The molecule has 13 nitrogen and oxygen atoms in total. The number of aromatic hydroxyl groups is 1. The molecule has 40 heavy (non-hydrogen) atoms. The predicted molar refractivity (Wildman–Crippen MR) is 140 cm³/mol. The van der Waals surface area contributed by atoms with Crippen LogP contribution in [-0.4, -0.2) is 87.0 Å². The zero-order valence-electron chi connectivity index (χ0n) is 22.7. The van der Waals surface area contributed by atoms with Crippen molar-refractivity contribution in [2.24, 2.45) is 23.0 Å². The van der Waals surface area contributed by atoms with Crippen molar-refractivity contribution in [2.75, 3.05) is 30.9 Å². The van der Waals surface area contributed by atoms with Gasteiger partial charge in [-0.3, -0.25) is 24.0 Å². The molecule has 4 aliphatic carbocycles. The Kier molecular flexibility index (Phi) is 5.63. The second kappa shape index (κ2) is 8.12. The Labute approximate surface area is 229 Å². The number of amides is 2. The van der Waals surface area contributed by atoms with Crippen molar-refractivity contribution in [1.82, 2.24) is 5.32 Å². The Morgan fingerprint density at radius 3 is 2.30 bits per heavy atom. The molecule has 2 amide bonds. The van der Waals surface area contributed by atoms with Gasteiger partial charge in [-0.2, -0.15) is 0 Å². The van der Waals surface area contributed by atoms with E-state index >= 15 is 0 Å². The molecule has 2 saturated carbocycles. The van der Waals surface area contributed by atoms with Crippen molar-refractivity contribution in [3.63, 3.8) is 0 Å². The molecule has 0 aliphatic heterocycles. The number of nitrogens with zero attached hydrogens (tertiary/aromatic N) is 1. The van der Waals surface area contributed by atoms with Crippen LogP contribution >= 0.6 is 0 Å². The third-order valence-corrected chi connectivity index (χ3v) is 8.82. The van der Waals surface area contributed by atoms with Crippen LogP contribution in [-0.2, 0) is 25.6 Å². The number of hydrogen-bond donors (Lipinski definition) is 7. The maximum Gasteiger partial charge on any atom is 0.256 e. The van der Waals surface area contributed by atoms with Crippen molar-refractivity contribution < 1.29 is 44.4 Å². The van der Waals surface area contributed by atoms with Gasteiger partial charge in [-0.1, -0.05) is 0 Å². The van der Waals surface area contributed by atoms with Crippen LogP contribution in [0.25, 0.3) is 0 Å². The highest BCUT2D eigenvalue weighted by atomic mass is 16.4.